The van der Waals surface area contributed by atoms with Crippen molar-refractivity contribution in [3.63, 3.8) is 0 Å². The Labute approximate surface area is 193 Å². The monoisotopic (exact) mass is 452 g/mol. The smallest absolute Gasteiger partial charge is 0.302 e. The molecule has 7 heteroatoms. The number of halogens is 1. The minimum Gasteiger partial charge on any atom is -0.461 e. The van der Waals surface area contributed by atoms with Gasteiger partial charge in [-0.3, -0.25) is 19.3 Å². The molecule has 0 radical (unpaired) electrons. The van der Waals surface area contributed by atoms with Crippen molar-refractivity contribution in [2.75, 3.05) is 26.2 Å². The lowest BCUT2D eigenvalue weighted by Gasteiger charge is -2.45. The van der Waals surface area contributed by atoms with E-state index in [9.17, 15) is 18.8 Å². The summed E-state index contributed by atoms with van der Waals surface area (Å²) in [6.45, 7) is 3.76. The van der Waals surface area contributed by atoms with Crippen LogP contribution in [0.25, 0.3) is 0 Å². The van der Waals surface area contributed by atoms with E-state index in [4.69, 9.17) is 4.74 Å². The van der Waals surface area contributed by atoms with Crippen LogP contribution >= 0.6 is 0 Å². The van der Waals surface area contributed by atoms with Gasteiger partial charge < -0.3 is 9.64 Å². The first-order chi connectivity index (χ1) is 15.9. The summed E-state index contributed by atoms with van der Waals surface area (Å²) in [7, 11) is 0. The van der Waals surface area contributed by atoms with E-state index >= 15 is 0 Å². The van der Waals surface area contributed by atoms with Crippen molar-refractivity contribution in [1.29, 1.82) is 0 Å². The number of amides is 1. The maximum absolute atomic E-state index is 13.2. The molecule has 2 aromatic carbocycles. The Morgan fingerprint density at radius 2 is 1.55 bits per heavy atom. The average Bonchev–Trinajstić information content (AvgIpc) is 2.84. The highest BCUT2D eigenvalue weighted by Crippen LogP contribution is 2.28. The van der Waals surface area contributed by atoms with Crippen molar-refractivity contribution in [1.82, 2.24) is 9.80 Å². The number of ether oxygens (including phenoxy) is 1. The molecule has 0 aliphatic carbocycles. The second-order valence-corrected chi connectivity index (χ2v) is 8.80. The van der Waals surface area contributed by atoms with Gasteiger partial charge in [0.15, 0.2) is 5.78 Å². The van der Waals surface area contributed by atoms with Crippen molar-refractivity contribution in [2.24, 2.45) is 5.92 Å². The van der Waals surface area contributed by atoms with Gasteiger partial charge in [0.2, 0.25) is 0 Å². The standard InChI is InChI=1S/C26H29FN2O4/c1-18(30)33-24-13-16-29(26(32)21-5-3-2-4-6-21)17-23(24)28-14-11-20(12-15-28)25(31)19-7-9-22(27)10-8-19/h2-10,20,23-24H,11-17H2,1H3/t23-,24-/m0/s1. The number of piperidine rings is 2. The summed E-state index contributed by atoms with van der Waals surface area (Å²) in [6.07, 6.45) is 1.64. The molecule has 0 unspecified atom stereocenters. The predicted molar refractivity (Wildman–Crippen MR) is 121 cm³/mol. The Hall–Kier alpha value is -3.06. The van der Waals surface area contributed by atoms with Crippen LogP contribution in [-0.2, 0) is 9.53 Å². The molecule has 0 saturated carbocycles. The number of benzene rings is 2. The van der Waals surface area contributed by atoms with Crippen LogP contribution in [0.4, 0.5) is 4.39 Å². The molecule has 2 aromatic rings. The van der Waals surface area contributed by atoms with Gasteiger partial charge in [-0.2, -0.15) is 0 Å². The Morgan fingerprint density at radius 1 is 0.879 bits per heavy atom. The van der Waals surface area contributed by atoms with Gasteiger partial charge >= 0.3 is 5.97 Å². The van der Waals surface area contributed by atoms with E-state index in [0.717, 1.165) is 0 Å². The van der Waals surface area contributed by atoms with Gasteiger partial charge in [-0.1, -0.05) is 18.2 Å². The highest BCUT2D eigenvalue weighted by molar-refractivity contribution is 5.98. The van der Waals surface area contributed by atoms with Gasteiger partial charge in [0.1, 0.15) is 11.9 Å². The maximum Gasteiger partial charge on any atom is 0.302 e. The second-order valence-electron chi connectivity index (χ2n) is 8.80. The summed E-state index contributed by atoms with van der Waals surface area (Å²) in [4.78, 5) is 41.6. The number of Topliss-reactive ketones (excluding diaryl/α,β-unsaturated/α-hetero) is 1. The van der Waals surface area contributed by atoms with Crippen LogP contribution in [0.5, 0.6) is 0 Å². The molecule has 4 rings (SSSR count). The Balaban J connectivity index is 1.43. The number of nitrogens with zero attached hydrogens (tertiary/aromatic N) is 2. The predicted octanol–water partition coefficient (Wildman–Crippen LogP) is 3.57. The molecule has 2 aliphatic heterocycles. The summed E-state index contributed by atoms with van der Waals surface area (Å²) in [6, 6.07) is 14.8. The summed E-state index contributed by atoms with van der Waals surface area (Å²) in [5.41, 5.74) is 1.18. The molecule has 0 aromatic heterocycles. The number of hydrogen-bond donors (Lipinski definition) is 0. The van der Waals surface area contributed by atoms with Crippen LogP contribution in [0.3, 0.4) is 0 Å². The second kappa shape index (κ2) is 10.3. The van der Waals surface area contributed by atoms with Crippen molar-refractivity contribution in [3.05, 3.63) is 71.5 Å². The van der Waals surface area contributed by atoms with Gasteiger partial charge in [-0.15, -0.1) is 0 Å². The van der Waals surface area contributed by atoms with Crippen LogP contribution in [0.15, 0.2) is 54.6 Å². The third-order valence-electron chi connectivity index (χ3n) is 6.64. The van der Waals surface area contributed by atoms with Gasteiger partial charge in [-0.25, -0.2) is 4.39 Å². The van der Waals surface area contributed by atoms with Crippen LogP contribution in [0.1, 0.15) is 46.9 Å². The minimum absolute atomic E-state index is 0.0248. The fourth-order valence-electron chi connectivity index (χ4n) is 4.90. The average molecular weight is 453 g/mol. The van der Waals surface area contributed by atoms with E-state index in [2.05, 4.69) is 4.90 Å². The van der Waals surface area contributed by atoms with E-state index in [1.165, 1.54) is 31.2 Å². The third-order valence-corrected chi connectivity index (χ3v) is 6.64. The molecule has 0 bridgehead atoms. The Morgan fingerprint density at radius 3 is 2.18 bits per heavy atom. The summed E-state index contributed by atoms with van der Waals surface area (Å²) >= 11 is 0. The Kier molecular flexibility index (Phi) is 7.18. The molecule has 2 saturated heterocycles. The molecule has 0 N–H and O–H groups in total. The zero-order chi connectivity index (χ0) is 23.4. The molecule has 0 spiro atoms. The number of likely N-dealkylation sites (tertiary alicyclic amines) is 2. The van der Waals surface area contributed by atoms with Crippen molar-refractivity contribution in [2.45, 2.75) is 38.3 Å². The molecule has 6 nitrogen and oxygen atoms in total. The number of carbonyl (C=O) groups excluding carboxylic acids is 3. The number of rotatable bonds is 5. The lowest BCUT2D eigenvalue weighted by Crippen LogP contribution is -2.59. The van der Waals surface area contributed by atoms with E-state index in [-0.39, 0.29) is 41.5 Å². The van der Waals surface area contributed by atoms with Crippen LogP contribution in [0, 0.1) is 11.7 Å². The summed E-state index contributed by atoms with van der Waals surface area (Å²) in [5.74, 6) is -0.789. The first kappa shape index (κ1) is 23.1. The third kappa shape index (κ3) is 5.47. The quantitative estimate of drug-likeness (QED) is 0.513. The number of carbonyl (C=O) groups is 3. The molecule has 1 amide bonds. The topological polar surface area (TPSA) is 66.9 Å². The van der Waals surface area contributed by atoms with Gasteiger partial charge in [0, 0.05) is 43.5 Å². The fraction of sp³-hybridized carbons (Fsp3) is 0.423. The van der Waals surface area contributed by atoms with Gasteiger partial charge in [-0.05, 0) is 62.3 Å². The molecule has 2 aliphatic rings. The number of esters is 1. The molecular weight excluding hydrogens is 423 g/mol. The lowest BCUT2D eigenvalue weighted by molar-refractivity contribution is -0.153. The highest BCUT2D eigenvalue weighted by Gasteiger charge is 2.39. The molecule has 2 fully saturated rings. The normalized spacial score (nSPS) is 22.1. The van der Waals surface area contributed by atoms with E-state index in [0.29, 0.717) is 56.6 Å². The number of hydrogen-bond acceptors (Lipinski definition) is 5. The minimum atomic E-state index is -0.357. The molecular formula is C26H29FN2O4. The molecule has 33 heavy (non-hydrogen) atoms. The van der Waals surface area contributed by atoms with Gasteiger partial charge in [0.05, 0.1) is 6.04 Å². The first-order valence-corrected chi connectivity index (χ1v) is 11.5. The highest BCUT2D eigenvalue weighted by atomic mass is 19.1. The zero-order valence-corrected chi connectivity index (χ0v) is 18.8. The fourth-order valence-corrected chi connectivity index (χ4v) is 4.90. The summed E-state index contributed by atoms with van der Waals surface area (Å²) < 4.78 is 18.8. The number of ketones is 1. The van der Waals surface area contributed by atoms with E-state index < -0.39 is 0 Å². The van der Waals surface area contributed by atoms with Crippen LogP contribution in [0.2, 0.25) is 0 Å². The van der Waals surface area contributed by atoms with E-state index in [1.807, 2.05) is 35.2 Å². The molecule has 2 atom stereocenters. The largest absolute Gasteiger partial charge is 0.461 e. The Bertz CT molecular complexity index is 987. The summed E-state index contributed by atoms with van der Waals surface area (Å²) in [5, 5.41) is 0. The maximum atomic E-state index is 13.2. The van der Waals surface area contributed by atoms with Crippen molar-refractivity contribution in [3.8, 4) is 0 Å². The lowest BCUT2D eigenvalue weighted by atomic mass is 9.87. The van der Waals surface area contributed by atoms with Crippen molar-refractivity contribution >= 4 is 17.7 Å². The van der Waals surface area contributed by atoms with Gasteiger partial charge in [0.25, 0.3) is 5.91 Å². The molecule has 2 heterocycles. The van der Waals surface area contributed by atoms with Crippen molar-refractivity contribution < 1.29 is 23.5 Å². The molecule has 174 valence electrons. The van der Waals surface area contributed by atoms with E-state index in [1.54, 1.807) is 0 Å². The SMILES string of the molecule is CC(=O)O[C@H]1CCN(C(=O)c2ccccc2)C[C@@H]1N1CCC(C(=O)c2ccc(F)cc2)CC1. The van der Waals surface area contributed by atoms with Crippen LogP contribution < -0.4 is 0 Å². The first-order valence-electron chi connectivity index (χ1n) is 11.5. The van der Waals surface area contributed by atoms with Crippen LogP contribution in [-0.4, -0.2) is 65.8 Å². The zero-order valence-electron chi connectivity index (χ0n) is 18.8.